The number of halogens is 1. The first-order chi connectivity index (χ1) is 7.93. The quantitative estimate of drug-likeness (QED) is 0.792. The Bertz CT molecular complexity index is 460. The highest BCUT2D eigenvalue weighted by atomic mass is 35.5. The largest absolute Gasteiger partial charge is 0.393 e. The summed E-state index contributed by atoms with van der Waals surface area (Å²) in [7, 11) is 0. The van der Waals surface area contributed by atoms with E-state index in [0.29, 0.717) is 23.8 Å². The molecule has 0 aliphatic heterocycles. The van der Waals surface area contributed by atoms with Crippen LogP contribution in [0.4, 0.5) is 5.82 Å². The van der Waals surface area contributed by atoms with Gasteiger partial charge in [0.15, 0.2) is 5.82 Å². The van der Waals surface area contributed by atoms with Gasteiger partial charge in [0.05, 0.1) is 11.3 Å². The van der Waals surface area contributed by atoms with Gasteiger partial charge >= 0.3 is 0 Å². The first kappa shape index (κ1) is 13.9. The van der Waals surface area contributed by atoms with Crippen LogP contribution >= 0.6 is 23.8 Å². The second-order valence-electron chi connectivity index (χ2n) is 3.87. The van der Waals surface area contributed by atoms with E-state index >= 15 is 0 Å². The SMILES string of the molecule is CC(C)N(CCC(N)=S)c1nc[nH]c(=O)c1Cl. The van der Waals surface area contributed by atoms with Crippen molar-refractivity contribution >= 4 is 34.6 Å². The lowest BCUT2D eigenvalue weighted by Gasteiger charge is -2.27. The van der Waals surface area contributed by atoms with Crippen LogP contribution in [0.5, 0.6) is 0 Å². The zero-order valence-corrected chi connectivity index (χ0v) is 11.3. The number of anilines is 1. The number of aromatic amines is 1. The van der Waals surface area contributed by atoms with Crippen molar-refractivity contribution in [2.45, 2.75) is 26.3 Å². The predicted octanol–water partition coefficient (Wildman–Crippen LogP) is 1.31. The number of nitrogens with zero attached hydrogens (tertiary/aromatic N) is 2. The van der Waals surface area contributed by atoms with E-state index in [4.69, 9.17) is 29.6 Å². The van der Waals surface area contributed by atoms with E-state index in [9.17, 15) is 4.79 Å². The number of rotatable bonds is 5. The Hall–Kier alpha value is -1.14. The van der Waals surface area contributed by atoms with Crippen molar-refractivity contribution in [3.8, 4) is 0 Å². The third-order valence-electron chi connectivity index (χ3n) is 2.27. The van der Waals surface area contributed by atoms with Gasteiger partial charge in [0, 0.05) is 19.0 Å². The van der Waals surface area contributed by atoms with E-state index in [1.165, 1.54) is 6.33 Å². The Morgan fingerprint density at radius 2 is 2.35 bits per heavy atom. The van der Waals surface area contributed by atoms with Crippen molar-refractivity contribution in [3.63, 3.8) is 0 Å². The summed E-state index contributed by atoms with van der Waals surface area (Å²) in [5.41, 5.74) is 5.12. The Labute approximate surface area is 110 Å². The third-order valence-corrected chi connectivity index (χ3v) is 2.82. The summed E-state index contributed by atoms with van der Waals surface area (Å²) in [6.45, 7) is 4.56. The molecular weight excluding hydrogens is 260 g/mol. The Morgan fingerprint density at radius 1 is 1.71 bits per heavy atom. The molecule has 1 aromatic rings. The van der Waals surface area contributed by atoms with Gasteiger partial charge in [-0.2, -0.15) is 0 Å². The topological polar surface area (TPSA) is 75.0 Å². The smallest absolute Gasteiger partial charge is 0.271 e. The van der Waals surface area contributed by atoms with E-state index in [1.807, 2.05) is 18.7 Å². The summed E-state index contributed by atoms with van der Waals surface area (Å²) in [5, 5.41) is 0.0872. The van der Waals surface area contributed by atoms with Gasteiger partial charge in [-0.15, -0.1) is 0 Å². The summed E-state index contributed by atoms with van der Waals surface area (Å²) in [6.07, 6.45) is 1.89. The summed E-state index contributed by atoms with van der Waals surface area (Å²) in [5.74, 6) is 0.460. The van der Waals surface area contributed by atoms with Crippen molar-refractivity contribution in [1.82, 2.24) is 9.97 Å². The molecule has 17 heavy (non-hydrogen) atoms. The third kappa shape index (κ3) is 3.67. The highest BCUT2D eigenvalue weighted by molar-refractivity contribution is 7.80. The Kier molecular flexibility index (Phi) is 4.89. The summed E-state index contributed by atoms with van der Waals surface area (Å²) in [6, 6.07) is 0.149. The second-order valence-corrected chi connectivity index (χ2v) is 4.78. The number of hydrogen-bond acceptors (Lipinski definition) is 4. The molecule has 0 fully saturated rings. The van der Waals surface area contributed by atoms with E-state index in [-0.39, 0.29) is 16.6 Å². The van der Waals surface area contributed by atoms with Gasteiger partial charge in [-0.05, 0) is 13.8 Å². The maximum absolute atomic E-state index is 11.4. The number of aromatic nitrogens is 2. The molecule has 94 valence electrons. The first-order valence-electron chi connectivity index (χ1n) is 5.21. The highest BCUT2D eigenvalue weighted by Crippen LogP contribution is 2.20. The molecule has 0 unspecified atom stereocenters. The first-order valence-corrected chi connectivity index (χ1v) is 6.00. The Morgan fingerprint density at radius 3 is 2.88 bits per heavy atom. The molecule has 0 saturated heterocycles. The van der Waals surface area contributed by atoms with E-state index in [1.54, 1.807) is 0 Å². The fourth-order valence-corrected chi connectivity index (χ4v) is 1.72. The molecule has 0 radical (unpaired) electrons. The highest BCUT2D eigenvalue weighted by Gasteiger charge is 2.17. The van der Waals surface area contributed by atoms with Gasteiger partial charge in [-0.3, -0.25) is 4.79 Å². The van der Waals surface area contributed by atoms with Crippen molar-refractivity contribution in [2.75, 3.05) is 11.4 Å². The van der Waals surface area contributed by atoms with Crippen LogP contribution in [0.3, 0.4) is 0 Å². The lowest BCUT2D eigenvalue weighted by molar-refractivity contribution is 0.679. The molecule has 0 atom stereocenters. The minimum absolute atomic E-state index is 0.0872. The van der Waals surface area contributed by atoms with Crippen molar-refractivity contribution in [1.29, 1.82) is 0 Å². The zero-order chi connectivity index (χ0) is 13.0. The van der Waals surface area contributed by atoms with Crippen molar-refractivity contribution in [3.05, 3.63) is 21.7 Å². The average Bonchev–Trinajstić information content (AvgIpc) is 2.23. The number of nitrogens with one attached hydrogen (secondary N) is 1. The number of nitrogens with two attached hydrogens (primary N) is 1. The monoisotopic (exact) mass is 274 g/mol. The van der Waals surface area contributed by atoms with Gasteiger partial charge in [-0.25, -0.2) is 4.98 Å². The molecular formula is C10H15ClN4OS. The van der Waals surface area contributed by atoms with Crippen LogP contribution in [-0.4, -0.2) is 27.5 Å². The number of hydrogen-bond donors (Lipinski definition) is 2. The van der Waals surface area contributed by atoms with Crippen LogP contribution in [0.2, 0.25) is 5.02 Å². The molecule has 0 aromatic carbocycles. The fraction of sp³-hybridized carbons (Fsp3) is 0.500. The van der Waals surface area contributed by atoms with Gasteiger partial charge in [0.2, 0.25) is 0 Å². The van der Waals surface area contributed by atoms with Crippen LogP contribution in [-0.2, 0) is 0 Å². The van der Waals surface area contributed by atoms with Crippen molar-refractivity contribution < 1.29 is 0 Å². The molecule has 0 aliphatic carbocycles. The maximum atomic E-state index is 11.4. The summed E-state index contributed by atoms with van der Waals surface area (Å²) >= 11 is 10.8. The predicted molar refractivity (Wildman–Crippen MR) is 73.8 cm³/mol. The average molecular weight is 275 g/mol. The van der Waals surface area contributed by atoms with Crippen LogP contribution in [0.1, 0.15) is 20.3 Å². The number of thiocarbonyl (C=S) groups is 1. The molecule has 7 heteroatoms. The normalized spacial score (nSPS) is 10.6. The molecule has 1 heterocycles. The molecule has 0 bridgehead atoms. The second kappa shape index (κ2) is 5.97. The van der Waals surface area contributed by atoms with Crippen LogP contribution in [0, 0.1) is 0 Å². The zero-order valence-electron chi connectivity index (χ0n) is 9.74. The minimum Gasteiger partial charge on any atom is -0.393 e. The van der Waals surface area contributed by atoms with E-state index < -0.39 is 0 Å². The lowest BCUT2D eigenvalue weighted by atomic mass is 10.2. The van der Waals surface area contributed by atoms with Gasteiger partial charge < -0.3 is 15.6 Å². The van der Waals surface area contributed by atoms with Crippen molar-refractivity contribution in [2.24, 2.45) is 5.73 Å². The van der Waals surface area contributed by atoms with Crippen LogP contribution < -0.4 is 16.2 Å². The maximum Gasteiger partial charge on any atom is 0.271 e. The molecule has 0 saturated carbocycles. The lowest BCUT2D eigenvalue weighted by Crippen LogP contribution is -2.35. The molecule has 0 aliphatic rings. The molecule has 0 spiro atoms. The summed E-state index contributed by atoms with van der Waals surface area (Å²) < 4.78 is 0. The van der Waals surface area contributed by atoms with E-state index in [0.717, 1.165) is 0 Å². The Balaban J connectivity index is 3.01. The fourth-order valence-electron chi connectivity index (χ4n) is 1.41. The van der Waals surface area contributed by atoms with E-state index in [2.05, 4.69) is 9.97 Å². The molecule has 1 aromatic heterocycles. The van der Waals surface area contributed by atoms with Crippen LogP contribution in [0.25, 0.3) is 0 Å². The van der Waals surface area contributed by atoms with Gasteiger partial charge in [0.25, 0.3) is 5.56 Å². The summed E-state index contributed by atoms with van der Waals surface area (Å²) in [4.78, 5) is 20.2. The van der Waals surface area contributed by atoms with Crippen LogP contribution in [0.15, 0.2) is 11.1 Å². The molecule has 0 amide bonds. The molecule has 3 N–H and O–H groups in total. The minimum atomic E-state index is -0.349. The van der Waals surface area contributed by atoms with Gasteiger partial charge in [0.1, 0.15) is 5.02 Å². The van der Waals surface area contributed by atoms with Gasteiger partial charge in [-0.1, -0.05) is 23.8 Å². The standard InChI is InChI=1S/C10H15ClN4OS/c1-6(2)15(4-3-7(12)17)9-8(11)10(16)14-5-13-9/h5-6H,3-4H2,1-2H3,(H2,12,17)(H,13,14,16). The molecule has 5 nitrogen and oxygen atoms in total. The number of H-pyrrole nitrogens is 1. The molecule has 1 rings (SSSR count).